The van der Waals surface area contributed by atoms with Crippen molar-refractivity contribution in [1.29, 1.82) is 0 Å². The number of Topliss-reactive ketones (excluding diaryl/α,β-unsaturated/α-hetero) is 1. The topological polar surface area (TPSA) is 57.5 Å². The van der Waals surface area contributed by atoms with Crippen LogP contribution in [-0.2, 0) is 0 Å². The Labute approximate surface area is 82.3 Å². The number of carbonyl (C=O) groups excluding carboxylic acids is 1. The Morgan fingerprint density at radius 3 is 2.43 bits per heavy atom. The molecule has 0 bridgehead atoms. The van der Waals surface area contributed by atoms with Crippen molar-refractivity contribution in [2.45, 2.75) is 12.2 Å². The maximum Gasteiger partial charge on any atom is 0.189 e. The molecule has 0 spiro atoms. The van der Waals surface area contributed by atoms with Crippen LogP contribution in [0.1, 0.15) is 16.8 Å². The van der Waals surface area contributed by atoms with E-state index in [1.165, 1.54) is 0 Å². The molecule has 0 saturated heterocycles. The fraction of sp³-hybridized carbons (Fsp3) is 0.182. The molecule has 0 aromatic heterocycles. The maximum absolute atomic E-state index is 11.5. The van der Waals surface area contributed by atoms with Crippen LogP contribution in [0.25, 0.3) is 0 Å². The summed E-state index contributed by atoms with van der Waals surface area (Å²) in [6.45, 7) is 3.23. The molecule has 74 valence electrons. The van der Waals surface area contributed by atoms with Gasteiger partial charge in [0, 0.05) is 5.56 Å². The molecule has 0 fully saturated rings. The molecule has 14 heavy (non-hydrogen) atoms. The molecule has 0 aliphatic carbocycles. The molecule has 2 N–H and O–H groups in total. The van der Waals surface area contributed by atoms with E-state index in [4.69, 9.17) is 0 Å². The molecule has 0 aliphatic heterocycles. The zero-order valence-corrected chi connectivity index (χ0v) is 7.68. The first-order valence-electron chi connectivity index (χ1n) is 4.22. The van der Waals surface area contributed by atoms with E-state index in [0.717, 1.165) is 6.08 Å². The average molecular weight is 192 g/mol. The van der Waals surface area contributed by atoms with Crippen molar-refractivity contribution in [3.05, 3.63) is 48.6 Å². The van der Waals surface area contributed by atoms with Gasteiger partial charge in [0.25, 0.3) is 0 Å². The van der Waals surface area contributed by atoms with Crippen molar-refractivity contribution >= 4 is 5.78 Å². The third-order valence-corrected chi connectivity index (χ3v) is 1.84. The van der Waals surface area contributed by atoms with E-state index in [-0.39, 0.29) is 12.2 Å². The summed E-state index contributed by atoms with van der Waals surface area (Å²) in [6, 6.07) is 8.48. The van der Waals surface area contributed by atoms with Crippen LogP contribution in [0.4, 0.5) is 0 Å². The summed E-state index contributed by atoms with van der Waals surface area (Å²) in [6.07, 6.45) is 0.564. The lowest BCUT2D eigenvalue weighted by atomic mass is 10.0. The van der Waals surface area contributed by atoms with Gasteiger partial charge in [-0.2, -0.15) is 0 Å². The summed E-state index contributed by atoms with van der Waals surface area (Å²) in [4.78, 5) is 11.5. The number of ketones is 1. The highest BCUT2D eigenvalue weighted by molar-refractivity contribution is 5.96. The van der Waals surface area contributed by atoms with E-state index in [1.54, 1.807) is 30.3 Å². The second-order valence-corrected chi connectivity index (χ2v) is 3.05. The number of benzene rings is 1. The third-order valence-electron chi connectivity index (χ3n) is 1.84. The number of hydrogen-bond acceptors (Lipinski definition) is 3. The van der Waals surface area contributed by atoms with Gasteiger partial charge < -0.3 is 10.2 Å². The number of rotatable bonds is 4. The van der Waals surface area contributed by atoms with Crippen LogP contribution in [-0.4, -0.2) is 21.8 Å². The molecule has 0 radical (unpaired) electrons. The van der Waals surface area contributed by atoms with E-state index >= 15 is 0 Å². The van der Waals surface area contributed by atoms with Crippen LogP contribution in [0, 0.1) is 0 Å². The van der Waals surface area contributed by atoms with Crippen molar-refractivity contribution in [2.24, 2.45) is 0 Å². The van der Waals surface area contributed by atoms with Gasteiger partial charge in [0.15, 0.2) is 11.6 Å². The first-order valence-corrected chi connectivity index (χ1v) is 4.22. The fourth-order valence-corrected chi connectivity index (χ4v) is 1.03. The molecule has 3 nitrogen and oxygen atoms in total. The molecule has 0 atom stereocenters. The van der Waals surface area contributed by atoms with E-state index in [1.807, 2.05) is 0 Å². The Hall–Kier alpha value is -1.45. The monoisotopic (exact) mass is 192 g/mol. The van der Waals surface area contributed by atoms with Gasteiger partial charge in [-0.1, -0.05) is 36.9 Å². The van der Waals surface area contributed by atoms with Crippen LogP contribution < -0.4 is 0 Å². The normalized spacial score (nSPS) is 11.0. The van der Waals surface area contributed by atoms with Crippen molar-refractivity contribution in [3.8, 4) is 0 Å². The standard InChI is InChI=1S/C11H12O3/c1-2-11(13,14)8-10(12)9-6-4-3-5-7-9/h2-7,13-14H,1,8H2. The molecule has 0 unspecified atom stereocenters. The van der Waals surface area contributed by atoms with Gasteiger partial charge >= 0.3 is 0 Å². The van der Waals surface area contributed by atoms with Crippen molar-refractivity contribution in [1.82, 2.24) is 0 Å². The van der Waals surface area contributed by atoms with E-state index in [2.05, 4.69) is 6.58 Å². The smallest absolute Gasteiger partial charge is 0.189 e. The predicted octanol–water partition coefficient (Wildman–Crippen LogP) is 1.13. The van der Waals surface area contributed by atoms with Crippen LogP contribution >= 0.6 is 0 Å². The summed E-state index contributed by atoms with van der Waals surface area (Å²) in [5, 5.41) is 18.3. The Morgan fingerprint density at radius 2 is 1.93 bits per heavy atom. The number of hydrogen-bond donors (Lipinski definition) is 2. The van der Waals surface area contributed by atoms with Crippen molar-refractivity contribution in [3.63, 3.8) is 0 Å². The maximum atomic E-state index is 11.5. The van der Waals surface area contributed by atoms with E-state index in [9.17, 15) is 15.0 Å². The van der Waals surface area contributed by atoms with Gasteiger partial charge in [-0.25, -0.2) is 0 Å². The van der Waals surface area contributed by atoms with Crippen LogP contribution in [0.2, 0.25) is 0 Å². The second kappa shape index (κ2) is 4.17. The lowest BCUT2D eigenvalue weighted by Crippen LogP contribution is -2.28. The van der Waals surface area contributed by atoms with E-state index < -0.39 is 5.79 Å². The molecule has 0 heterocycles. The summed E-state index contributed by atoms with van der Waals surface area (Å²) < 4.78 is 0. The molecular formula is C11H12O3. The molecule has 0 saturated carbocycles. The number of aliphatic hydroxyl groups is 2. The fourth-order valence-electron chi connectivity index (χ4n) is 1.03. The summed E-state index contributed by atoms with van der Waals surface area (Å²) in [5.41, 5.74) is 0.460. The summed E-state index contributed by atoms with van der Waals surface area (Å²) in [5.74, 6) is -2.44. The van der Waals surface area contributed by atoms with Crippen molar-refractivity contribution in [2.75, 3.05) is 0 Å². The van der Waals surface area contributed by atoms with Gasteiger partial charge in [0.05, 0.1) is 6.42 Å². The molecule has 1 aromatic rings. The lowest BCUT2D eigenvalue weighted by Gasteiger charge is -2.15. The minimum Gasteiger partial charge on any atom is -0.362 e. The minimum atomic E-state index is -2.12. The predicted molar refractivity (Wildman–Crippen MR) is 52.8 cm³/mol. The molecule has 0 amide bonds. The average Bonchev–Trinajstić information content (AvgIpc) is 2.19. The van der Waals surface area contributed by atoms with Gasteiger partial charge in [0.2, 0.25) is 0 Å². The van der Waals surface area contributed by atoms with Gasteiger partial charge in [0.1, 0.15) is 0 Å². The Balaban J connectivity index is 2.74. The molecule has 1 rings (SSSR count). The van der Waals surface area contributed by atoms with Crippen molar-refractivity contribution < 1.29 is 15.0 Å². The molecule has 0 aliphatic rings. The Kier molecular flexibility index (Phi) is 3.17. The lowest BCUT2D eigenvalue weighted by molar-refractivity contribution is -0.114. The first-order chi connectivity index (χ1) is 6.55. The zero-order chi connectivity index (χ0) is 10.6. The summed E-state index contributed by atoms with van der Waals surface area (Å²) >= 11 is 0. The van der Waals surface area contributed by atoms with Gasteiger partial charge in [-0.05, 0) is 6.08 Å². The van der Waals surface area contributed by atoms with E-state index in [0.29, 0.717) is 5.56 Å². The molecule has 1 aromatic carbocycles. The van der Waals surface area contributed by atoms with Crippen LogP contribution in [0.5, 0.6) is 0 Å². The second-order valence-electron chi connectivity index (χ2n) is 3.05. The third kappa shape index (κ3) is 2.80. The van der Waals surface area contributed by atoms with Crippen LogP contribution in [0.3, 0.4) is 0 Å². The van der Waals surface area contributed by atoms with Gasteiger partial charge in [-0.3, -0.25) is 4.79 Å². The van der Waals surface area contributed by atoms with Gasteiger partial charge in [-0.15, -0.1) is 0 Å². The highest BCUT2D eigenvalue weighted by Crippen LogP contribution is 2.12. The molecular weight excluding hydrogens is 180 g/mol. The SMILES string of the molecule is C=CC(O)(O)CC(=O)c1ccccc1. The first kappa shape index (κ1) is 10.6. The van der Waals surface area contributed by atoms with Crippen LogP contribution in [0.15, 0.2) is 43.0 Å². The zero-order valence-electron chi connectivity index (χ0n) is 7.68. The Bertz CT molecular complexity index is 328. The quantitative estimate of drug-likeness (QED) is 0.427. The minimum absolute atomic E-state index is 0.324. The molecule has 3 heteroatoms. The summed E-state index contributed by atoms with van der Waals surface area (Å²) in [7, 11) is 0. The highest BCUT2D eigenvalue weighted by atomic mass is 16.5. The largest absolute Gasteiger partial charge is 0.362 e. The highest BCUT2D eigenvalue weighted by Gasteiger charge is 2.23. The Morgan fingerprint density at radius 1 is 1.36 bits per heavy atom. The number of carbonyl (C=O) groups is 1.